The predicted octanol–water partition coefficient (Wildman–Crippen LogP) is 3.94. The fourth-order valence-corrected chi connectivity index (χ4v) is 2.89. The number of rotatable bonds is 5. The quantitative estimate of drug-likeness (QED) is 0.901. The summed E-state index contributed by atoms with van der Waals surface area (Å²) >= 11 is 5.92. The number of hydrogen-bond donors (Lipinski definition) is 1. The van der Waals surface area contributed by atoms with Gasteiger partial charge in [0.05, 0.1) is 12.2 Å². The Balaban J connectivity index is 1.52. The van der Waals surface area contributed by atoms with E-state index < -0.39 is 5.97 Å². The molecule has 1 unspecified atom stereocenters. The molecule has 2 aromatic carbocycles. The van der Waals surface area contributed by atoms with Crippen LogP contribution in [0.15, 0.2) is 48.5 Å². The van der Waals surface area contributed by atoms with Crippen LogP contribution in [0, 0.1) is 5.92 Å². The highest BCUT2D eigenvalue weighted by Gasteiger charge is 2.23. The van der Waals surface area contributed by atoms with Crippen molar-refractivity contribution in [2.45, 2.75) is 6.42 Å². The van der Waals surface area contributed by atoms with Crippen molar-refractivity contribution in [1.29, 1.82) is 0 Å². The molecule has 120 valence electrons. The van der Waals surface area contributed by atoms with E-state index >= 15 is 0 Å². The minimum atomic E-state index is -0.925. The van der Waals surface area contributed by atoms with Gasteiger partial charge in [-0.1, -0.05) is 11.6 Å². The highest BCUT2D eigenvalue weighted by atomic mass is 35.5. The van der Waals surface area contributed by atoms with Gasteiger partial charge in [0, 0.05) is 29.7 Å². The molecule has 1 heterocycles. The molecule has 5 heteroatoms. The van der Waals surface area contributed by atoms with E-state index in [9.17, 15) is 4.79 Å². The lowest BCUT2D eigenvalue weighted by Crippen LogP contribution is -2.21. The molecular weight excluding hydrogens is 314 g/mol. The molecule has 23 heavy (non-hydrogen) atoms. The van der Waals surface area contributed by atoms with Gasteiger partial charge in [0.2, 0.25) is 0 Å². The molecule has 1 aliphatic heterocycles. The lowest BCUT2D eigenvalue weighted by atomic mass is 10.1. The molecule has 1 fully saturated rings. The van der Waals surface area contributed by atoms with E-state index in [1.807, 2.05) is 24.3 Å². The Hall–Kier alpha value is -2.20. The molecule has 1 saturated heterocycles. The van der Waals surface area contributed by atoms with Crippen molar-refractivity contribution in [3.8, 4) is 5.75 Å². The first kappa shape index (κ1) is 15.7. The van der Waals surface area contributed by atoms with Crippen molar-refractivity contribution in [2.24, 2.45) is 5.92 Å². The van der Waals surface area contributed by atoms with E-state index in [2.05, 4.69) is 4.90 Å². The van der Waals surface area contributed by atoms with Crippen molar-refractivity contribution in [3.63, 3.8) is 0 Å². The van der Waals surface area contributed by atoms with Gasteiger partial charge in [-0.2, -0.15) is 0 Å². The van der Waals surface area contributed by atoms with Crippen LogP contribution < -0.4 is 9.64 Å². The Morgan fingerprint density at radius 1 is 1.17 bits per heavy atom. The van der Waals surface area contributed by atoms with Gasteiger partial charge in [0.15, 0.2) is 0 Å². The van der Waals surface area contributed by atoms with Gasteiger partial charge in [0.25, 0.3) is 0 Å². The summed E-state index contributed by atoms with van der Waals surface area (Å²) in [6.45, 7) is 2.60. The van der Waals surface area contributed by atoms with E-state index in [1.54, 1.807) is 24.3 Å². The zero-order valence-corrected chi connectivity index (χ0v) is 13.4. The highest BCUT2D eigenvalue weighted by Crippen LogP contribution is 2.25. The Labute approximate surface area is 140 Å². The molecule has 0 spiro atoms. The summed E-state index contributed by atoms with van der Waals surface area (Å²) in [7, 11) is 0. The number of nitrogens with zero attached hydrogens (tertiary/aromatic N) is 1. The maximum atomic E-state index is 10.8. The Kier molecular flexibility index (Phi) is 4.72. The molecule has 2 aromatic rings. The first-order valence-electron chi connectivity index (χ1n) is 7.58. The molecule has 4 nitrogen and oxygen atoms in total. The third kappa shape index (κ3) is 3.96. The lowest BCUT2D eigenvalue weighted by Gasteiger charge is -2.19. The molecule has 0 bridgehead atoms. The fourth-order valence-electron chi connectivity index (χ4n) is 2.76. The van der Waals surface area contributed by atoms with Gasteiger partial charge < -0.3 is 14.7 Å². The van der Waals surface area contributed by atoms with E-state index in [-0.39, 0.29) is 5.56 Å². The normalized spacial score (nSPS) is 17.3. The second-order valence-corrected chi connectivity index (χ2v) is 6.15. The molecule has 0 saturated carbocycles. The van der Waals surface area contributed by atoms with E-state index in [4.69, 9.17) is 21.4 Å². The van der Waals surface area contributed by atoms with Gasteiger partial charge in [-0.05, 0) is 55.0 Å². The van der Waals surface area contributed by atoms with E-state index in [1.165, 1.54) is 5.69 Å². The summed E-state index contributed by atoms with van der Waals surface area (Å²) in [5.41, 5.74) is 1.45. The second-order valence-electron chi connectivity index (χ2n) is 5.72. The van der Waals surface area contributed by atoms with E-state index in [0.29, 0.717) is 18.3 Å². The molecule has 1 atom stereocenters. The van der Waals surface area contributed by atoms with Crippen LogP contribution in [0.1, 0.15) is 16.8 Å². The minimum Gasteiger partial charge on any atom is -0.493 e. The van der Waals surface area contributed by atoms with Crippen LogP contribution in [0.2, 0.25) is 5.02 Å². The number of carboxylic acid groups (broad SMARTS) is 1. The largest absolute Gasteiger partial charge is 0.493 e. The first-order chi connectivity index (χ1) is 11.1. The van der Waals surface area contributed by atoms with Gasteiger partial charge >= 0.3 is 5.97 Å². The minimum absolute atomic E-state index is 0.270. The van der Waals surface area contributed by atoms with Crippen LogP contribution in [0.3, 0.4) is 0 Å². The molecule has 0 aromatic heterocycles. The zero-order chi connectivity index (χ0) is 16.2. The number of carbonyl (C=O) groups is 1. The maximum absolute atomic E-state index is 10.8. The SMILES string of the molecule is O=C(O)c1ccc(OCC2CCN(c3ccc(Cl)cc3)C2)cc1. The topological polar surface area (TPSA) is 49.8 Å². The van der Waals surface area contributed by atoms with Gasteiger partial charge in [0.1, 0.15) is 5.75 Å². The number of halogens is 1. The van der Waals surface area contributed by atoms with Crippen LogP contribution in [0.25, 0.3) is 0 Å². The second kappa shape index (κ2) is 6.92. The number of benzene rings is 2. The summed E-state index contributed by atoms with van der Waals surface area (Å²) in [4.78, 5) is 13.1. The smallest absolute Gasteiger partial charge is 0.335 e. The molecular formula is C18H18ClNO3. The molecule has 3 rings (SSSR count). The molecule has 1 N–H and O–H groups in total. The molecule has 0 aliphatic carbocycles. The van der Waals surface area contributed by atoms with Gasteiger partial charge in [-0.25, -0.2) is 4.79 Å². The molecule has 1 aliphatic rings. The number of aromatic carboxylic acids is 1. The zero-order valence-electron chi connectivity index (χ0n) is 12.6. The van der Waals surface area contributed by atoms with Crippen molar-refractivity contribution in [1.82, 2.24) is 0 Å². The average Bonchev–Trinajstić information content (AvgIpc) is 3.03. The molecule has 0 amide bonds. The van der Waals surface area contributed by atoms with E-state index in [0.717, 1.165) is 24.5 Å². The summed E-state index contributed by atoms with van der Waals surface area (Å²) in [6, 6.07) is 14.4. The summed E-state index contributed by atoms with van der Waals surface area (Å²) in [5, 5.41) is 9.63. The monoisotopic (exact) mass is 331 g/mol. The third-order valence-electron chi connectivity index (χ3n) is 4.06. The highest BCUT2D eigenvalue weighted by molar-refractivity contribution is 6.30. The average molecular weight is 332 g/mol. The summed E-state index contributed by atoms with van der Waals surface area (Å²) in [5.74, 6) is 0.246. The van der Waals surface area contributed by atoms with Crippen LogP contribution >= 0.6 is 11.6 Å². The van der Waals surface area contributed by atoms with Crippen LogP contribution in [-0.2, 0) is 0 Å². The number of carboxylic acids is 1. The van der Waals surface area contributed by atoms with Crippen molar-refractivity contribution >= 4 is 23.3 Å². The molecule has 0 radical (unpaired) electrons. The Bertz CT molecular complexity index is 670. The summed E-state index contributed by atoms with van der Waals surface area (Å²) in [6.07, 6.45) is 1.08. The summed E-state index contributed by atoms with van der Waals surface area (Å²) < 4.78 is 5.79. The van der Waals surface area contributed by atoms with Crippen molar-refractivity contribution in [3.05, 3.63) is 59.1 Å². The Morgan fingerprint density at radius 2 is 1.87 bits per heavy atom. The maximum Gasteiger partial charge on any atom is 0.335 e. The standard InChI is InChI=1S/C18H18ClNO3/c19-15-3-5-16(6-4-15)20-10-9-13(11-20)12-23-17-7-1-14(2-8-17)18(21)22/h1-8,13H,9-12H2,(H,21,22). The van der Waals surface area contributed by atoms with Crippen molar-refractivity contribution < 1.29 is 14.6 Å². The predicted molar refractivity (Wildman–Crippen MR) is 90.7 cm³/mol. The lowest BCUT2D eigenvalue weighted by molar-refractivity contribution is 0.0697. The van der Waals surface area contributed by atoms with Crippen LogP contribution in [0.5, 0.6) is 5.75 Å². The number of ether oxygens (including phenoxy) is 1. The number of hydrogen-bond acceptors (Lipinski definition) is 3. The van der Waals surface area contributed by atoms with Crippen molar-refractivity contribution in [2.75, 3.05) is 24.6 Å². The van der Waals surface area contributed by atoms with Crippen LogP contribution in [-0.4, -0.2) is 30.8 Å². The van der Waals surface area contributed by atoms with Gasteiger partial charge in [-0.15, -0.1) is 0 Å². The number of anilines is 1. The van der Waals surface area contributed by atoms with Gasteiger partial charge in [-0.3, -0.25) is 0 Å². The Morgan fingerprint density at radius 3 is 2.52 bits per heavy atom. The van der Waals surface area contributed by atoms with Crippen LogP contribution in [0.4, 0.5) is 5.69 Å². The third-order valence-corrected chi connectivity index (χ3v) is 4.32. The first-order valence-corrected chi connectivity index (χ1v) is 7.96. The fraction of sp³-hybridized carbons (Fsp3) is 0.278.